The monoisotopic (exact) mass is 384 g/mol. The van der Waals surface area contributed by atoms with Crippen LogP contribution in [0.25, 0.3) is 11.3 Å². The predicted octanol–water partition coefficient (Wildman–Crippen LogP) is 4.61. The van der Waals surface area contributed by atoms with E-state index in [1.165, 1.54) is 0 Å². The minimum atomic E-state index is 0.470. The zero-order valence-corrected chi connectivity index (χ0v) is 16.0. The summed E-state index contributed by atoms with van der Waals surface area (Å²) in [5.74, 6) is 1.80. The molecule has 0 fully saturated rings. The van der Waals surface area contributed by atoms with Crippen LogP contribution in [0.2, 0.25) is 5.02 Å². The standard InChI is InChI=1S/C20H21ClN4O2/c1-26-11-10-22-19-13-17(14-6-4-3-5-7-14)24-20(25-19)23-15-8-9-18(27-2)16(21)12-15/h3-9,12-13H,10-11H2,1-2H3,(H2,22,23,24,25). The second-order valence-electron chi connectivity index (χ2n) is 5.72. The van der Waals surface area contributed by atoms with Gasteiger partial charge in [-0.3, -0.25) is 0 Å². The van der Waals surface area contributed by atoms with Crippen molar-refractivity contribution in [3.8, 4) is 17.0 Å². The van der Waals surface area contributed by atoms with Gasteiger partial charge in [0.1, 0.15) is 11.6 Å². The third-order valence-electron chi connectivity index (χ3n) is 3.82. The second-order valence-corrected chi connectivity index (χ2v) is 6.13. The van der Waals surface area contributed by atoms with E-state index in [2.05, 4.69) is 20.6 Å². The molecule has 0 aliphatic carbocycles. The molecule has 27 heavy (non-hydrogen) atoms. The van der Waals surface area contributed by atoms with Gasteiger partial charge < -0.3 is 20.1 Å². The molecule has 1 aromatic heterocycles. The molecule has 1 heterocycles. The van der Waals surface area contributed by atoms with Crippen LogP contribution in [0.15, 0.2) is 54.6 Å². The lowest BCUT2D eigenvalue weighted by atomic mass is 10.1. The van der Waals surface area contributed by atoms with E-state index in [1.807, 2.05) is 42.5 Å². The van der Waals surface area contributed by atoms with Crippen molar-refractivity contribution >= 4 is 29.1 Å². The molecule has 6 nitrogen and oxygen atoms in total. The maximum absolute atomic E-state index is 6.21. The molecule has 3 aromatic rings. The van der Waals surface area contributed by atoms with Crippen LogP contribution in [-0.4, -0.2) is 37.3 Å². The first kappa shape index (κ1) is 18.9. The zero-order chi connectivity index (χ0) is 19.1. The minimum absolute atomic E-state index is 0.470. The van der Waals surface area contributed by atoms with Crippen LogP contribution in [0, 0.1) is 0 Å². The summed E-state index contributed by atoms with van der Waals surface area (Å²) >= 11 is 6.21. The van der Waals surface area contributed by atoms with Gasteiger partial charge >= 0.3 is 0 Å². The van der Waals surface area contributed by atoms with Crippen LogP contribution in [0.4, 0.5) is 17.5 Å². The van der Waals surface area contributed by atoms with Crippen molar-refractivity contribution in [3.63, 3.8) is 0 Å². The van der Waals surface area contributed by atoms with Crippen LogP contribution in [0.1, 0.15) is 0 Å². The molecule has 2 aromatic carbocycles. The minimum Gasteiger partial charge on any atom is -0.495 e. The number of anilines is 3. The average molecular weight is 385 g/mol. The second kappa shape index (κ2) is 9.21. The van der Waals surface area contributed by atoms with E-state index in [4.69, 9.17) is 21.1 Å². The van der Waals surface area contributed by atoms with Crippen molar-refractivity contribution in [2.24, 2.45) is 0 Å². The van der Waals surface area contributed by atoms with Gasteiger partial charge in [0, 0.05) is 31.0 Å². The fraction of sp³-hybridized carbons (Fsp3) is 0.200. The Morgan fingerprint density at radius 3 is 2.52 bits per heavy atom. The first-order valence-electron chi connectivity index (χ1n) is 8.47. The Labute approximate surface area is 163 Å². The maximum Gasteiger partial charge on any atom is 0.229 e. The van der Waals surface area contributed by atoms with Crippen molar-refractivity contribution in [1.29, 1.82) is 0 Å². The molecule has 0 spiro atoms. The summed E-state index contributed by atoms with van der Waals surface area (Å²) in [5.41, 5.74) is 2.59. The lowest BCUT2D eigenvalue weighted by Gasteiger charge is -2.12. The summed E-state index contributed by atoms with van der Waals surface area (Å²) < 4.78 is 10.3. The van der Waals surface area contributed by atoms with Gasteiger partial charge in [0.15, 0.2) is 0 Å². The van der Waals surface area contributed by atoms with Gasteiger partial charge in [-0.05, 0) is 18.2 Å². The van der Waals surface area contributed by atoms with Crippen molar-refractivity contribution < 1.29 is 9.47 Å². The number of nitrogens with one attached hydrogen (secondary N) is 2. The number of ether oxygens (including phenoxy) is 2. The van der Waals surface area contributed by atoms with E-state index < -0.39 is 0 Å². The smallest absolute Gasteiger partial charge is 0.229 e. The first-order chi connectivity index (χ1) is 13.2. The van der Waals surface area contributed by atoms with E-state index >= 15 is 0 Å². The highest BCUT2D eigenvalue weighted by Gasteiger charge is 2.08. The van der Waals surface area contributed by atoms with Gasteiger partial charge in [0.25, 0.3) is 0 Å². The Bertz CT molecular complexity index is 890. The lowest BCUT2D eigenvalue weighted by Crippen LogP contribution is -2.10. The van der Waals surface area contributed by atoms with Gasteiger partial charge in [-0.1, -0.05) is 41.9 Å². The summed E-state index contributed by atoms with van der Waals surface area (Å²) in [6, 6.07) is 17.3. The molecule has 7 heteroatoms. The van der Waals surface area contributed by atoms with E-state index in [-0.39, 0.29) is 0 Å². The van der Waals surface area contributed by atoms with E-state index in [0.29, 0.717) is 35.7 Å². The van der Waals surface area contributed by atoms with E-state index in [9.17, 15) is 0 Å². The topological polar surface area (TPSA) is 68.3 Å². The molecule has 140 valence electrons. The highest BCUT2D eigenvalue weighted by molar-refractivity contribution is 6.32. The number of methoxy groups -OCH3 is 2. The van der Waals surface area contributed by atoms with Crippen molar-refractivity contribution in [2.45, 2.75) is 0 Å². The summed E-state index contributed by atoms with van der Waals surface area (Å²) in [7, 11) is 3.25. The number of aromatic nitrogens is 2. The van der Waals surface area contributed by atoms with Crippen LogP contribution in [0.5, 0.6) is 5.75 Å². The Hall–Kier alpha value is -2.83. The fourth-order valence-corrected chi connectivity index (χ4v) is 2.76. The molecule has 0 bridgehead atoms. The van der Waals surface area contributed by atoms with E-state index in [1.54, 1.807) is 26.4 Å². The van der Waals surface area contributed by atoms with Crippen LogP contribution in [0.3, 0.4) is 0 Å². The number of nitrogens with zero attached hydrogens (tertiary/aromatic N) is 2. The molecule has 0 radical (unpaired) electrons. The summed E-state index contributed by atoms with van der Waals surface area (Å²) in [6.45, 7) is 1.23. The van der Waals surface area contributed by atoms with E-state index in [0.717, 1.165) is 16.9 Å². The molecule has 2 N–H and O–H groups in total. The Morgan fingerprint density at radius 2 is 1.81 bits per heavy atom. The molecule has 0 saturated carbocycles. The third-order valence-corrected chi connectivity index (χ3v) is 4.11. The largest absolute Gasteiger partial charge is 0.495 e. The van der Waals surface area contributed by atoms with Gasteiger partial charge in [-0.25, -0.2) is 4.98 Å². The quantitative estimate of drug-likeness (QED) is 0.553. The molecule has 0 saturated heterocycles. The molecule has 0 aliphatic heterocycles. The highest BCUT2D eigenvalue weighted by Crippen LogP contribution is 2.29. The van der Waals surface area contributed by atoms with Crippen LogP contribution < -0.4 is 15.4 Å². The Morgan fingerprint density at radius 1 is 1.00 bits per heavy atom. The molecule has 0 amide bonds. The number of hydrogen-bond donors (Lipinski definition) is 2. The molecular formula is C20H21ClN4O2. The predicted molar refractivity (Wildman–Crippen MR) is 109 cm³/mol. The number of halogens is 1. The number of hydrogen-bond acceptors (Lipinski definition) is 6. The highest BCUT2D eigenvalue weighted by atomic mass is 35.5. The lowest BCUT2D eigenvalue weighted by molar-refractivity contribution is 0.210. The SMILES string of the molecule is COCCNc1cc(-c2ccccc2)nc(Nc2ccc(OC)c(Cl)c2)n1. The number of rotatable bonds is 8. The summed E-state index contributed by atoms with van der Waals surface area (Å²) in [6.07, 6.45) is 0. The van der Waals surface area contributed by atoms with Crippen molar-refractivity contribution in [1.82, 2.24) is 9.97 Å². The van der Waals surface area contributed by atoms with Gasteiger partial charge in [0.05, 0.1) is 24.4 Å². The summed E-state index contributed by atoms with van der Waals surface area (Å²) in [5, 5.41) is 6.97. The third kappa shape index (κ3) is 5.09. The molecule has 3 rings (SSSR count). The molecular weight excluding hydrogens is 364 g/mol. The number of benzene rings is 2. The van der Waals surface area contributed by atoms with Gasteiger partial charge in [0.2, 0.25) is 5.95 Å². The Kier molecular flexibility index (Phi) is 6.46. The van der Waals surface area contributed by atoms with Crippen LogP contribution in [-0.2, 0) is 4.74 Å². The van der Waals surface area contributed by atoms with Gasteiger partial charge in [-0.2, -0.15) is 4.98 Å². The summed E-state index contributed by atoms with van der Waals surface area (Å²) in [4.78, 5) is 9.17. The maximum atomic E-state index is 6.21. The van der Waals surface area contributed by atoms with Crippen molar-refractivity contribution in [2.75, 3.05) is 38.0 Å². The average Bonchev–Trinajstić information content (AvgIpc) is 2.69. The van der Waals surface area contributed by atoms with Crippen LogP contribution >= 0.6 is 11.6 Å². The van der Waals surface area contributed by atoms with Gasteiger partial charge in [-0.15, -0.1) is 0 Å². The molecule has 0 aliphatic rings. The normalized spacial score (nSPS) is 10.5. The Balaban J connectivity index is 1.90. The fourth-order valence-electron chi connectivity index (χ4n) is 2.50. The molecule has 0 atom stereocenters. The van der Waals surface area contributed by atoms with Crippen molar-refractivity contribution in [3.05, 3.63) is 59.6 Å². The first-order valence-corrected chi connectivity index (χ1v) is 8.85. The zero-order valence-electron chi connectivity index (χ0n) is 15.2. The molecule has 0 unspecified atom stereocenters.